The van der Waals surface area contributed by atoms with Gasteiger partial charge in [0.15, 0.2) is 0 Å². The molecule has 3 rings (SSSR count). The van der Waals surface area contributed by atoms with Gasteiger partial charge in [0, 0.05) is 5.56 Å². The smallest absolute Gasteiger partial charge is 0.306 e. The number of nitrogens with one attached hydrogen (secondary N) is 2. The molecule has 2 N–H and O–H groups in total. The summed E-state index contributed by atoms with van der Waals surface area (Å²) in [5.41, 5.74) is 1.68. The molecule has 86 valence electrons. The predicted molar refractivity (Wildman–Crippen MR) is 62.6 cm³/mol. The molecule has 0 atom stereocenters. The van der Waals surface area contributed by atoms with Crippen molar-refractivity contribution in [1.29, 1.82) is 0 Å². The van der Waals surface area contributed by atoms with Crippen molar-refractivity contribution in [2.24, 2.45) is 4.99 Å². The zero-order valence-electron chi connectivity index (χ0n) is 9.12. The van der Waals surface area contributed by atoms with Gasteiger partial charge in [-0.15, -0.1) is 0 Å². The van der Waals surface area contributed by atoms with E-state index in [-0.39, 0.29) is 5.69 Å². The summed E-state index contributed by atoms with van der Waals surface area (Å²) in [6.45, 7) is 0. The molecule has 0 aliphatic heterocycles. The van der Waals surface area contributed by atoms with Crippen LogP contribution in [0.2, 0.25) is 0 Å². The molecule has 1 aliphatic carbocycles. The van der Waals surface area contributed by atoms with Crippen LogP contribution in [0.15, 0.2) is 28.0 Å². The van der Waals surface area contributed by atoms with E-state index in [9.17, 15) is 9.59 Å². The van der Waals surface area contributed by atoms with Crippen molar-refractivity contribution in [3.8, 4) is 0 Å². The molecule has 5 heteroatoms. The lowest BCUT2D eigenvalue weighted by atomic mass is 9.72. The summed E-state index contributed by atoms with van der Waals surface area (Å²) < 4.78 is 0. The van der Waals surface area contributed by atoms with E-state index in [2.05, 4.69) is 15.0 Å². The number of rotatable bonds is 2. The van der Waals surface area contributed by atoms with Gasteiger partial charge >= 0.3 is 5.69 Å². The second-order valence-electron chi connectivity index (χ2n) is 4.40. The van der Waals surface area contributed by atoms with E-state index in [4.69, 9.17) is 0 Å². The van der Waals surface area contributed by atoms with Gasteiger partial charge in [-0.05, 0) is 25.3 Å². The molecule has 1 aliphatic rings. The van der Waals surface area contributed by atoms with Crippen LogP contribution in [0.5, 0.6) is 0 Å². The third kappa shape index (κ3) is 1.36. The van der Waals surface area contributed by atoms with Gasteiger partial charge in [0.1, 0.15) is 5.54 Å². The maximum Gasteiger partial charge on any atom is 0.323 e. The first-order valence-corrected chi connectivity index (χ1v) is 5.56. The fraction of sp³-hybridized carbons (Fsp3) is 0.333. The number of aromatic amines is 2. The highest BCUT2D eigenvalue weighted by Crippen LogP contribution is 2.46. The number of aromatic nitrogens is 2. The first-order chi connectivity index (χ1) is 8.25. The summed E-state index contributed by atoms with van der Waals surface area (Å²) >= 11 is 0. The Kier molecular flexibility index (Phi) is 2.03. The highest BCUT2D eigenvalue weighted by atomic mass is 16.1. The van der Waals surface area contributed by atoms with E-state index in [1.165, 1.54) is 0 Å². The Bertz CT molecular complexity index is 672. The van der Waals surface area contributed by atoms with Gasteiger partial charge in [0.25, 0.3) is 0 Å². The standard InChI is InChI=1S/C12H11N3O2/c16-7-13-12(5-2-6-12)8-3-1-4-9-10(8)15-11(17)14-9/h1,3-4H,2,5-6H2,(H2,14,15,17). The number of isocyanates is 1. The van der Waals surface area contributed by atoms with Gasteiger partial charge in [-0.1, -0.05) is 12.1 Å². The number of carbonyl (C=O) groups excluding carboxylic acids is 1. The van der Waals surface area contributed by atoms with Crippen LogP contribution in [0.25, 0.3) is 11.0 Å². The Hall–Kier alpha value is -2.13. The number of aliphatic imine (C=N–C) groups is 1. The minimum absolute atomic E-state index is 0.239. The van der Waals surface area contributed by atoms with Crippen molar-refractivity contribution in [2.45, 2.75) is 24.8 Å². The Morgan fingerprint density at radius 3 is 2.76 bits per heavy atom. The first-order valence-electron chi connectivity index (χ1n) is 5.56. The van der Waals surface area contributed by atoms with E-state index in [1.54, 1.807) is 6.08 Å². The van der Waals surface area contributed by atoms with E-state index in [1.807, 2.05) is 18.2 Å². The molecule has 1 heterocycles. The van der Waals surface area contributed by atoms with Crippen molar-refractivity contribution in [1.82, 2.24) is 9.97 Å². The number of imidazole rings is 1. The van der Waals surface area contributed by atoms with Gasteiger partial charge in [-0.2, -0.15) is 4.99 Å². The second-order valence-corrected chi connectivity index (χ2v) is 4.40. The highest BCUT2D eigenvalue weighted by Gasteiger charge is 2.40. The molecule has 1 aromatic carbocycles. The van der Waals surface area contributed by atoms with E-state index in [0.29, 0.717) is 0 Å². The number of nitrogens with zero attached hydrogens (tertiary/aromatic N) is 1. The average molecular weight is 229 g/mol. The van der Waals surface area contributed by atoms with Gasteiger partial charge in [0.05, 0.1) is 11.0 Å². The molecule has 0 unspecified atom stereocenters. The highest BCUT2D eigenvalue weighted by molar-refractivity contribution is 5.79. The molecule has 0 radical (unpaired) electrons. The maximum atomic E-state index is 11.3. The monoisotopic (exact) mass is 229 g/mol. The van der Waals surface area contributed by atoms with Crippen LogP contribution in [0.1, 0.15) is 24.8 Å². The molecule has 0 amide bonds. The summed E-state index contributed by atoms with van der Waals surface area (Å²) in [7, 11) is 0. The number of hydrogen-bond donors (Lipinski definition) is 2. The largest absolute Gasteiger partial charge is 0.323 e. The minimum Gasteiger partial charge on any atom is -0.306 e. The number of hydrogen-bond acceptors (Lipinski definition) is 3. The molecule has 0 bridgehead atoms. The van der Waals surface area contributed by atoms with E-state index in [0.717, 1.165) is 35.9 Å². The van der Waals surface area contributed by atoms with Crippen LogP contribution >= 0.6 is 0 Å². The normalized spacial score (nSPS) is 17.4. The molecular weight excluding hydrogens is 218 g/mol. The molecular formula is C12H11N3O2. The van der Waals surface area contributed by atoms with E-state index >= 15 is 0 Å². The Balaban J connectivity index is 2.29. The fourth-order valence-electron chi connectivity index (χ4n) is 2.49. The van der Waals surface area contributed by atoms with Crippen LogP contribution in [-0.4, -0.2) is 16.0 Å². The number of benzene rings is 1. The average Bonchev–Trinajstić information content (AvgIpc) is 2.63. The van der Waals surface area contributed by atoms with E-state index < -0.39 is 5.54 Å². The second kappa shape index (κ2) is 3.43. The third-order valence-electron chi connectivity index (χ3n) is 3.49. The van der Waals surface area contributed by atoms with Gasteiger partial charge in [0.2, 0.25) is 6.08 Å². The van der Waals surface area contributed by atoms with Crippen LogP contribution in [-0.2, 0) is 10.3 Å². The number of para-hydroxylation sites is 1. The summed E-state index contributed by atoms with van der Waals surface area (Å²) in [5, 5.41) is 0. The van der Waals surface area contributed by atoms with Crippen molar-refractivity contribution >= 4 is 17.1 Å². The summed E-state index contributed by atoms with van der Waals surface area (Å²) in [6.07, 6.45) is 4.35. The van der Waals surface area contributed by atoms with Crippen molar-refractivity contribution in [2.75, 3.05) is 0 Å². The zero-order chi connectivity index (χ0) is 11.9. The lowest BCUT2D eigenvalue weighted by molar-refractivity contribution is 0.258. The number of fused-ring (bicyclic) bond motifs is 1. The lowest BCUT2D eigenvalue weighted by Gasteiger charge is -2.37. The van der Waals surface area contributed by atoms with Crippen LogP contribution < -0.4 is 5.69 Å². The first kappa shape index (κ1) is 10.1. The number of H-pyrrole nitrogens is 2. The van der Waals surface area contributed by atoms with Gasteiger partial charge in [-0.3, -0.25) is 0 Å². The molecule has 0 saturated heterocycles. The lowest BCUT2D eigenvalue weighted by Crippen LogP contribution is -2.32. The summed E-state index contributed by atoms with van der Waals surface area (Å²) in [5.74, 6) is 0. The van der Waals surface area contributed by atoms with Crippen molar-refractivity contribution < 1.29 is 4.79 Å². The third-order valence-corrected chi connectivity index (χ3v) is 3.49. The predicted octanol–water partition coefficient (Wildman–Crippen LogP) is 1.57. The SMILES string of the molecule is O=C=NC1(c2cccc3[nH]c(=O)[nH]c23)CCC1. The molecule has 1 fully saturated rings. The topological polar surface area (TPSA) is 78.1 Å². The summed E-state index contributed by atoms with van der Waals surface area (Å²) in [6, 6.07) is 5.60. The van der Waals surface area contributed by atoms with Crippen LogP contribution in [0.4, 0.5) is 0 Å². The fourth-order valence-corrected chi connectivity index (χ4v) is 2.49. The molecule has 2 aromatic rings. The molecule has 1 saturated carbocycles. The van der Waals surface area contributed by atoms with Crippen LogP contribution in [0.3, 0.4) is 0 Å². The van der Waals surface area contributed by atoms with Crippen molar-refractivity contribution in [3.05, 3.63) is 34.2 Å². The quantitative estimate of drug-likeness (QED) is 0.605. The molecule has 17 heavy (non-hydrogen) atoms. The molecule has 5 nitrogen and oxygen atoms in total. The van der Waals surface area contributed by atoms with Crippen LogP contribution in [0, 0.1) is 0 Å². The molecule has 1 aromatic heterocycles. The summed E-state index contributed by atoms with van der Waals surface area (Å²) in [4.78, 5) is 31.3. The zero-order valence-corrected chi connectivity index (χ0v) is 9.12. The Labute approximate surface area is 96.6 Å². The maximum absolute atomic E-state index is 11.3. The van der Waals surface area contributed by atoms with Crippen molar-refractivity contribution in [3.63, 3.8) is 0 Å². The van der Waals surface area contributed by atoms with Gasteiger partial charge < -0.3 is 9.97 Å². The Morgan fingerprint density at radius 1 is 1.29 bits per heavy atom. The molecule has 0 spiro atoms. The Morgan fingerprint density at radius 2 is 2.12 bits per heavy atom. The minimum atomic E-state index is -0.480. The van der Waals surface area contributed by atoms with Gasteiger partial charge in [-0.25, -0.2) is 9.59 Å².